The molecule has 2 amide bonds. The van der Waals surface area contributed by atoms with Crippen molar-refractivity contribution in [2.45, 2.75) is 29.8 Å². The first-order valence-corrected chi connectivity index (χ1v) is 13.2. The van der Waals surface area contributed by atoms with Crippen molar-refractivity contribution in [1.82, 2.24) is 9.62 Å². The van der Waals surface area contributed by atoms with Crippen LogP contribution in [0.4, 0.5) is 5.69 Å². The molecule has 7 nitrogen and oxygen atoms in total. The standard InChI is InChI=1S/C23H20ClN3O4S2/c24-16-2-4-18(5-3-16)33(30,31)26-17-7-9-27-21(12-17)22(28)25-20-6-1-14(11-19(20)23(27)29)15-8-10-32-13-15/h1-6,8,10-11,13,17,21,26H,7,9,12H2,(H,25,28). The monoisotopic (exact) mass is 501 g/mol. The van der Waals surface area contributed by atoms with Crippen molar-refractivity contribution in [3.8, 4) is 11.1 Å². The number of benzene rings is 2. The normalized spacial score (nSPS) is 20.6. The lowest BCUT2D eigenvalue weighted by atomic mass is 9.97. The van der Waals surface area contributed by atoms with Gasteiger partial charge in [0.05, 0.1) is 16.1 Å². The van der Waals surface area contributed by atoms with Crippen LogP contribution in [0.5, 0.6) is 0 Å². The van der Waals surface area contributed by atoms with Gasteiger partial charge in [-0.25, -0.2) is 13.1 Å². The Balaban J connectivity index is 1.38. The van der Waals surface area contributed by atoms with Crippen molar-refractivity contribution < 1.29 is 18.0 Å². The average molecular weight is 502 g/mol. The zero-order valence-electron chi connectivity index (χ0n) is 17.3. The van der Waals surface area contributed by atoms with E-state index in [9.17, 15) is 18.0 Å². The first kappa shape index (κ1) is 22.1. The molecule has 5 rings (SSSR count). The van der Waals surface area contributed by atoms with Crippen LogP contribution in [0.2, 0.25) is 5.02 Å². The molecular formula is C23H20ClN3O4S2. The number of carbonyl (C=O) groups is 2. The van der Waals surface area contributed by atoms with Crippen LogP contribution in [0, 0.1) is 0 Å². The smallest absolute Gasteiger partial charge is 0.256 e. The number of hydrogen-bond donors (Lipinski definition) is 2. The molecule has 3 heterocycles. The molecule has 2 N–H and O–H groups in total. The van der Waals surface area contributed by atoms with E-state index in [0.717, 1.165) is 11.1 Å². The molecule has 33 heavy (non-hydrogen) atoms. The number of anilines is 1. The number of carbonyl (C=O) groups excluding carboxylic acids is 2. The van der Waals surface area contributed by atoms with Gasteiger partial charge in [-0.3, -0.25) is 9.59 Å². The first-order valence-electron chi connectivity index (χ1n) is 10.4. The minimum atomic E-state index is -3.78. The SMILES string of the molecule is O=C1Nc2ccc(-c3ccsc3)cc2C(=O)N2CCC(NS(=O)(=O)c3ccc(Cl)cc3)CC12. The summed E-state index contributed by atoms with van der Waals surface area (Å²) >= 11 is 7.43. The number of nitrogens with zero attached hydrogens (tertiary/aromatic N) is 1. The second-order valence-electron chi connectivity index (χ2n) is 8.07. The van der Waals surface area contributed by atoms with E-state index >= 15 is 0 Å². The van der Waals surface area contributed by atoms with Gasteiger partial charge < -0.3 is 10.2 Å². The van der Waals surface area contributed by atoms with Gasteiger partial charge in [0.2, 0.25) is 15.9 Å². The van der Waals surface area contributed by atoms with E-state index in [1.54, 1.807) is 28.4 Å². The highest BCUT2D eigenvalue weighted by Crippen LogP contribution is 2.32. The molecule has 0 spiro atoms. The summed E-state index contributed by atoms with van der Waals surface area (Å²) in [4.78, 5) is 28.0. The Hall–Kier alpha value is -2.72. The maximum atomic E-state index is 13.4. The largest absolute Gasteiger partial charge is 0.326 e. The predicted octanol–water partition coefficient (Wildman–Crippen LogP) is 3.97. The average Bonchev–Trinajstić information content (AvgIpc) is 3.31. The third-order valence-electron chi connectivity index (χ3n) is 5.97. The van der Waals surface area contributed by atoms with E-state index < -0.39 is 22.1 Å². The van der Waals surface area contributed by atoms with Crippen LogP contribution in [0.25, 0.3) is 11.1 Å². The lowest BCUT2D eigenvalue weighted by Crippen LogP contribution is -2.54. The van der Waals surface area contributed by atoms with Gasteiger partial charge in [0, 0.05) is 17.6 Å². The molecule has 10 heteroatoms. The number of amides is 2. The maximum absolute atomic E-state index is 13.4. The number of piperidine rings is 1. The fourth-order valence-electron chi connectivity index (χ4n) is 4.27. The Morgan fingerprint density at radius 3 is 2.58 bits per heavy atom. The number of thiophene rings is 1. The van der Waals surface area contributed by atoms with Crippen LogP contribution in [-0.4, -0.2) is 43.8 Å². The van der Waals surface area contributed by atoms with Crippen molar-refractivity contribution in [3.63, 3.8) is 0 Å². The van der Waals surface area contributed by atoms with E-state index in [1.165, 1.54) is 24.3 Å². The van der Waals surface area contributed by atoms with E-state index in [2.05, 4.69) is 10.0 Å². The second-order valence-corrected chi connectivity index (χ2v) is 11.0. The molecule has 1 saturated heterocycles. The van der Waals surface area contributed by atoms with Gasteiger partial charge >= 0.3 is 0 Å². The van der Waals surface area contributed by atoms with Gasteiger partial charge in [0.25, 0.3) is 5.91 Å². The Bertz CT molecular complexity index is 1320. The highest BCUT2D eigenvalue weighted by Gasteiger charge is 2.41. The highest BCUT2D eigenvalue weighted by atomic mass is 35.5. The number of hydrogen-bond acceptors (Lipinski definition) is 5. The highest BCUT2D eigenvalue weighted by molar-refractivity contribution is 7.89. The summed E-state index contributed by atoms with van der Waals surface area (Å²) in [6.45, 7) is 0.271. The van der Waals surface area contributed by atoms with E-state index in [0.29, 0.717) is 22.7 Å². The zero-order valence-corrected chi connectivity index (χ0v) is 19.7. The van der Waals surface area contributed by atoms with Crippen molar-refractivity contribution in [2.24, 2.45) is 0 Å². The van der Waals surface area contributed by atoms with Gasteiger partial charge in [-0.15, -0.1) is 0 Å². The van der Waals surface area contributed by atoms with E-state index in [1.807, 2.05) is 22.9 Å². The second kappa shape index (κ2) is 8.57. The third kappa shape index (κ3) is 4.29. The molecule has 3 aromatic rings. The van der Waals surface area contributed by atoms with Crippen LogP contribution in [0.1, 0.15) is 23.2 Å². The third-order valence-corrected chi connectivity index (χ3v) is 8.45. The van der Waals surface area contributed by atoms with E-state index in [-0.39, 0.29) is 29.7 Å². The molecule has 2 aliphatic rings. The van der Waals surface area contributed by atoms with Gasteiger partial charge in [-0.05, 0) is 77.2 Å². The number of sulfonamides is 1. The number of halogens is 1. The fourth-order valence-corrected chi connectivity index (χ4v) is 6.35. The summed E-state index contributed by atoms with van der Waals surface area (Å²) < 4.78 is 28.2. The molecule has 2 aliphatic heterocycles. The first-order chi connectivity index (χ1) is 15.8. The minimum absolute atomic E-state index is 0.101. The van der Waals surface area contributed by atoms with Gasteiger partial charge in [0.1, 0.15) is 6.04 Å². The molecule has 2 unspecified atom stereocenters. The summed E-state index contributed by atoms with van der Waals surface area (Å²) in [5.41, 5.74) is 2.83. The topological polar surface area (TPSA) is 95.6 Å². The Labute approximate surface area is 200 Å². The summed E-state index contributed by atoms with van der Waals surface area (Å²) in [5, 5.41) is 7.27. The Kier molecular flexibility index (Phi) is 5.74. The van der Waals surface area contributed by atoms with Crippen molar-refractivity contribution >= 4 is 50.5 Å². The van der Waals surface area contributed by atoms with E-state index in [4.69, 9.17) is 11.6 Å². The molecule has 2 aromatic carbocycles. The van der Waals surface area contributed by atoms with Gasteiger partial charge in [-0.1, -0.05) is 17.7 Å². The fraction of sp³-hybridized carbons (Fsp3) is 0.217. The summed E-state index contributed by atoms with van der Waals surface area (Å²) in [5.74, 6) is -0.551. The maximum Gasteiger partial charge on any atom is 0.256 e. The molecule has 0 bridgehead atoms. The van der Waals surface area contributed by atoms with Gasteiger partial charge in [-0.2, -0.15) is 11.3 Å². The van der Waals surface area contributed by atoms with Crippen molar-refractivity contribution in [1.29, 1.82) is 0 Å². The minimum Gasteiger partial charge on any atom is -0.326 e. The van der Waals surface area contributed by atoms with Crippen molar-refractivity contribution in [3.05, 3.63) is 69.9 Å². The molecule has 1 fully saturated rings. The molecule has 0 saturated carbocycles. The number of rotatable bonds is 4. The Morgan fingerprint density at radius 1 is 1.06 bits per heavy atom. The summed E-state index contributed by atoms with van der Waals surface area (Å²) in [6, 6.07) is 12.1. The van der Waals surface area contributed by atoms with Crippen LogP contribution in [0.15, 0.2) is 64.2 Å². The molecule has 0 radical (unpaired) electrons. The van der Waals surface area contributed by atoms with Crippen LogP contribution < -0.4 is 10.0 Å². The van der Waals surface area contributed by atoms with Gasteiger partial charge in [0.15, 0.2) is 0 Å². The molecular weight excluding hydrogens is 482 g/mol. The predicted molar refractivity (Wildman–Crippen MR) is 128 cm³/mol. The summed E-state index contributed by atoms with van der Waals surface area (Å²) in [6.07, 6.45) is 0.595. The molecule has 1 aromatic heterocycles. The number of nitrogens with one attached hydrogen (secondary N) is 2. The zero-order chi connectivity index (χ0) is 23.2. The Morgan fingerprint density at radius 2 is 1.85 bits per heavy atom. The number of fused-ring (bicyclic) bond motifs is 2. The summed E-state index contributed by atoms with van der Waals surface area (Å²) in [7, 11) is -3.78. The quantitative estimate of drug-likeness (QED) is 0.565. The lowest BCUT2D eigenvalue weighted by Gasteiger charge is -2.37. The lowest BCUT2D eigenvalue weighted by molar-refractivity contribution is -0.121. The molecule has 170 valence electrons. The van der Waals surface area contributed by atoms with Crippen LogP contribution in [0.3, 0.4) is 0 Å². The van der Waals surface area contributed by atoms with Crippen LogP contribution >= 0.6 is 22.9 Å². The van der Waals surface area contributed by atoms with Crippen LogP contribution in [-0.2, 0) is 14.8 Å². The molecule has 0 aliphatic carbocycles. The van der Waals surface area contributed by atoms with Crippen molar-refractivity contribution in [2.75, 3.05) is 11.9 Å². The molecule has 2 atom stereocenters.